The first-order chi connectivity index (χ1) is 12.9. The van der Waals surface area contributed by atoms with Gasteiger partial charge in [0, 0.05) is 19.2 Å². The van der Waals surface area contributed by atoms with Crippen molar-refractivity contribution in [2.24, 2.45) is 0 Å². The van der Waals surface area contributed by atoms with Crippen molar-refractivity contribution in [2.75, 3.05) is 27.8 Å². The fourth-order valence-corrected chi connectivity index (χ4v) is 4.46. The van der Waals surface area contributed by atoms with E-state index in [2.05, 4.69) is 5.32 Å². The van der Waals surface area contributed by atoms with Gasteiger partial charge in [0.05, 0.1) is 25.7 Å². The molecule has 0 radical (unpaired) electrons. The van der Waals surface area contributed by atoms with Crippen LogP contribution in [0.3, 0.4) is 0 Å². The predicted molar refractivity (Wildman–Crippen MR) is 104 cm³/mol. The van der Waals surface area contributed by atoms with Crippen molar-refractivity contribution in [3.05, 3.63) is 18.2 Å². The molecule has 152 valence electrons. The quantitative estimate of drug-likeness (QED) is 0.763. The van der Waals surface area contributed by atoms with Crippen LogP contribution in [0.5, 0.6) is 11.5 Å². The van der Waals surface area contributed by atoms with Gasteiger partial charge in [0.1, 0.15) is 0 Å². The predicted octanol–water partition coefficient (Wildman–Crippen LogP) is 2.55. The summed E-state index contributed by atoms with van der Waals surface area (Å²) < 4.78 is 36.9. The van der Waals surface area contributed by atoms with Crippen molar-refractivity contribution in [1.29, 1.82) is 0 Å². The molecule has 0 atom stereocenters. The Bertz CT molecular complexity index is 728. The Labute approximate surface area is 162 Å². The number of hydrogen-bond acceptors (Lipinski definition) is 5. The van der Waals surface area contributed by atoms with E-state index in [-0.39, 0.29) is 23.4 Å². The standard InChI is InChI=1S/C19H30N2O5S/c1-21(14-19(22)20-15-9-7-5-4-6-8-10-15)27(23,24)16-11-12-17(25-2)18(13-16)26-3/h11-13,15H,4-10,14H2,1-3H3,(H,20,22). The maximum atomic E-state index is 12.8. The van der Waals surface area contributed by atoms with Gasteiger partial charge in [-0.3, -0.25) is 4.79 Å². The summed E-state index contributed by atoms with van der Waals surface area (Å²) in [5.41, 5.74) is 0. The zero-order valence-corrected chi connectivity index (χ0v) is 17.2. The van der Waals surface area contributed by atoms with Crippen LogP contribution < -0.4 is 14.8 Å². The molecule has 1 aliphatic rings. The molecular formula is C19H30N2O5S. The summed E-state index contributed by atoms with van der Waals surface area (Å²) in [6.07, 6.45) is 7.76. The van der Waals surface area contributed by atoms with Gasteiger partial charge in [-0.15, -0.1) is 0 Å². The third kappa shape index (κ3) is 5.84. The molecule has 0 aliphatic heterocycles. The number of benzene rings is 1. The van der Waals surface area contributed by atoms with Crippen LogP contribution in [0, 0.1) is 0 Å². The number of carbonyl (C=O) groups is 1. The van der Waals surface area contributed by atoms with E-state index in [4.69, 9.17) is 9.47 Å². The van der Waals surface area contributed by atoms with Gasteiger partial charge in [0.15, 0.2) is 11.5 Å². The second kappa shape index (κ2) is 9.94. The molecule has 8 heteroatoms. The lowest BCUT2D eigenvalue weighted by molar-refractivity contribution is -0.121. The average Bonchev–Trinajstić information content (AvgIpc) is 2.63. The Hall–Kier alpha value is -1.80. The highest BCUT2D eigenvalue weighted by Crippen LogP contribution is 2.30. The Morgan fingerprint density at radius 2 is 1.67 bits per heavy atom. The molecule has 2 rings (SSSR count). The van der Waals surface area contributed by atoms with Gasteiger partial charge in [0.25, 0.3) is 0 Å². The zero-order valence-electron chi connectivity index (χ0n) is 16.4. The number of amides is 1. The molecule has 1 aromatic carbocycles. The Morgan fingerprint density at radius 1 is 1.07 bits per heavy atom. The van der Waals surface area contributed by atoms with E-state index < -0.39 is 10.0 Å². The van der Waals surface area contributed by atoms with Crippen LogP contribution in [-0.4, -0.2) is 52.5 Å². The summed E-state index contributed by atoms with van der Waals surface area (Å²) in [7, 11) is 0.527. The molecule has 0 unspecified atom stereocenters. The van der Waals surface area contributed by atoms with Crippen molar-refractivity contribution in [1.82, 2.24) is 9.62 Å². The van der Waals surface area contributed by atoms with Crippen molar-refractivity contribution >= 4 is 15.9 Å². The van der Waals surface area contributed by atoms with Crippen molar-refractivity contribution < 1.29 is 22.7 Å². The van der Waals surface area contributed by atoms with Gasteiger partial charge >= 0.3 is 0 Å². The van der Waals surface area contributed by atoms with Gasteiger partial charge in [-0.25, -0.2) is 8.42 Å². The van der Waals surface area contributed by atoms with Gasteiger partial charge in [-0.2, -0.15) is 4.31 Å². The number of carbonyl (C=O) groups excluding carboxylic acids is 1. The molecule has 0 aromatic heterocycles. The van der Waals surface area contributed by atoms with E-state index in [1.54, 1.807) is 0 Å². The summed E-state index contributed by atoms with van der Waals surface area (Å²) in [4.78, 5) is 12.4. The highest BCUT2D eigenvalue weighted by Gasteiger charge is 2.25. The number of likely N-dealkylation sites (N-methyl/N-ethyl adjacent to an activating group) is 1. The minimum atomic E-state index is -3.81. The fraction of sp³-hybridized carbons (Fsp3) is 0.632. The van der Waals surface area contributed by atoms with E-state index in [9.17, 15) is 13.2 Å². The molecular weight excluding hydrogens is 368 g/mol. The molecule has 27 heavy (non-hydrogen) atoms. The summed E-state index contributed by atoms with van der Waals surface area (Å²) in [6, 6.07) is 4.51. The third-order valence-electron chi connectivity index (χ3n) is 4.90. The minimum absolute atomic E-state index is 0.0569. The van der Waals surface area contributed by atoms with E-state index in [1.165, 1.54) is 58.7 Å². The van der Waals surface area contributed by atoms with Gasteiger partial charge in [-0.05, 0) is 25.0 Å². The smallest absolute Gasteiger partial charge is 0.243 e. The summed E-state index contributed by atoms with van der Waals surface area (Å²) in [5, 5.41) is 2.99. The van der Waals surface area contributed by atoms with Crippen molar-refractivity contribution in [3.63, 3.8) is 0 Å². The number of rotatable bonds is 7. The SMILES string of the molecule is COc1ccc(S(=O)(=O)N(C)CC(=O)NC2CCCCCCC2)cc1OC. The Balaban J connectivity index is 2.02. The van der Waals surface area contributed by atoms with Crippen LogP contribution in [0.25, 0.3) is 0 Å². The fourth-order valence-electron chi connectivity index (χ4n) is 3.32. The molecule has 1 saturated carbocycles. The molecule has 0 heterocycles. The number of methoxy groups -OCH3 is 2. The van der Waals surface area contributed by atoms with E-state index in [0.29, 0.717) is 11.5 Å². The molecule has 0 bridgehead atoms. The van der Waals surface area contributed by atoms with Crippen LogP contribution in [0.4, 0.5) is 0 Å². The molecule has 1 N–H and O–H groups in total. The number of hydrogen-bond donors (Lipinski definition) is 1. The van der Waals surface area contributed by atoms with E-state index >= 15 is 0 Å². The summed E-state index contributed by atoms with van der Waals surface area (Å²) >= 11 is 0. The number of nitrogens with one attached hydrogen (secondary N) is 1. The lowest BCUT2D eigenvalue weighted by atomic mass is 9.97. The maximum Gasteiger partial charge on any atom is 0.243 e. The molecule has 7 nitrogen and oxygen atoms in total. The van der Waals surface area contributed by atoms with Crippen molar-refractivity contribution in [2.45, 2.75) is 55.9 Å². The van der Waals surface area contributed by atoms with E-state index in [1.807, 2.05) is 0 Å². The second-order valence-corrected chi connectivity index (χ2v) is 8.93. The topological polar surface area (TPSA) is 84.9 Å². The lowest BCUT2D eigenvalue weighted by Crippen LogP contribution is -2.42. The van der Waals surface area contributed by atoms with Gasteiger partial charge in [-0.1, -0.05) is 32.1 Å². The molecule has 1 aliphatic carbocycles. The lowest BCUT2D eigenvalue weighted by Gasteiger charge is -2.23. The molecule has 0 saturated heterocycles. The number of nitrogens with zero attached hydrogens (tertiary/aromatic N) is 1. The van der Waals surface area contributed by atoms with Crippen LogP contribution in [-0.2, 0) is 14.8 Å². The first kappa shape index (κ1) is 21.5. The van der Waals surface area contributed by atoms with Crippen LogP contribution in [0.15, 0.2) is 23.1 Å². The minimum Gasteiger partial charge on any atom is -0.493 e. The maximum absolute atomic E-state index is 12.8. The Morgan fingerprint density at radius 3 is 2.26 bits per heavy atom. The van der Waals surface area contributed by atoms with E-state index in [0.717, 1.165) is 30.0 Å². The highest BCUT2D eigenvalue weighted by molar-refractivity contribution is 7.89. The Kier molecular flexibility index (Phi) is 7.91. The molecule has 0 spiro atoms. The second-order valence-electron chi connectivity index (χ2n) is 6.89. The highest BCUT2D eigenvalue weighted by atomic mass is 32.2. The normalized spacial score (nSPS) is 16.4. The number of ether oxygens (including phenoxy) is 2. The first-order valence-electron chi connectivity index (χ1n) is 9.36. The molecule has 1 amide bonds. The van der Waals surface area contributed by atoms with Crippen LogP contribution in [0.2, 0.25) is 0 Å². The van der Waals surface area contributed by atoms with Gasteiger partial charge < -0.3 is 14.8 Å². The molecule has 1 aromatic rings. The average molecular weight is 399 g/mol. The third-order valence-corrected chi connectivity index (χ3v) is 6.70. The largest absolute Gasteiger partial charge is 0.493 e. The van der Waals surface area contributed by atoms with Crippen LogP contribution >= 0.6 is 0 Å². The summed E-state index contributed by atoms with van der Waals surface area (Å²) in [6.45, 7) is -0.215. The monoisotopic (exact) mass is 398 g/mol. The zero-order chi connectivity index (χ0) is 19.9. The van der Waals surface area contributed by atoms with Crippen LogP contribution in [0.1, 0.15) is 44.9 Å². The first-order valence-corrected chi connectivity index (χ1v) is 10.8. The van der Waals surface area contributed by atoms with Crippen molar-refractivity contribution in [3.8, 4) is 11.5 Å². The number of sulfonamides is 1. The molecule has 1 fully saturated rings. The summed E-state index contributed by atoms with van der Waals surface area (Å²) in [5.74, 6) is 0.499. The van der Waals surface area contributed by atoms with Gasteiger partial charge in [0.2, 0.25) is 15.9 Å².